The normalized spacial score (nSPS) is 12.2. The SMILES string of the molecule is C=C(C)C(=O)NC(C)(C)CCP(=O)(OOCC)OOCC. The number of hydrogen-bond donors (Lipinski definition) is 1. The molecule has 0 saturated heterocycles. The Labute approximate surface area is 126 Å². The molecule has 0 aliphatic heterocycles. The average molecular weight is 323 g/mol. The fourth-order valence-electron chi connectivity index (χ4n) is 1.25. The van der Waals surface area contributed by atoms with Gasteiger partial charge in [-0.05, 0) is 41.0 Å². The lowest BCUT2D eigenvalue weighted by Gasteiger charge is -2.27. The van der Waals surface area contributed by atoms with Crippen molar-refractivity contribution in [3.63, 3.8) is 0 Å². The zero-order valence-electron chi connectivity index (χ0n) is 13.4. The molecule has 0 aromatic heterocycles. The molecule has 1 amide bonds. The van der Waals surface area contributed by atoms with E-state index in [2.05, 4.69) is 11.9 Å². The first-order valence-electron chi connectivity index (χ1n) is 6.85. The molecule has 124 valence electrons. The molecule has 0 spiro atoms. The van der Waals surface area contributed by atoms with Crippen molar-refractivity contribution in [2.75, 3.05) is 19.4 Å². The van der Waals surface area contributed by atoms with Crippen LogP contribution in [-0.4, -0.2) is 30.8 Å². The van der Waals surface area contributed by atoms with Crippen LogP contribution < -0.4 is 5.32 Å². The van der Waals surface area contributed by atoms with Crippen molar-refractivity contribution in [3.05, 3.63) is 12.2 Å². The van der Waals surface area contributed by atoms with E-state index in [0.717, 1.165) is 0 Å². The highest BCUT2D eigenvalue weighted by Gasteiger charge is 2.32. The maximum atomic E-state index is 12.4. The molecule has 0 rings (SSSR count). The monoisotopic (exact) mass is 323 g/mol. The van der Waals surface area contributed by atoms with Crippen molar-refractivity contribution >= 4 is 13.5 Å². The average Bonchev–Trinajstić information content (AvgIpc) is 2.40. The third-order valence-corrected chi connectivity index (χ3v) is 3.85. The quantitative estimate of drug-likeness (QED) is 0.272. The Bertz CT molecular complexity index is 384. The molecule has 0 bridgehead atoms. The van der Waals surface area contributed by atoms with Crippen LogP contribution in [0.2, 0.25) is 0 Å². The minimum Gasteiger partial charge on any atom is -0.347 e. The van der Waals surface area contributed by atoms with Crippen LogP contribution in [0.15, 0.2) is 12.2 Å². The number of nitrogens with one attached hydrogen (secondary N) is 1. The Balaban J connectivity index is 4.60. The second-order valence-electron chi connectivity index (χ2n) is 5.16. The van der Waals surface area contributed by atoms with Gasteiger partial charge in [-0.1, -0.05) is 6.58 Å². The number of carbonyl (C=O) groups is 1. The molecule has 8 heteroatoms. The first-order valence-corrected chi connectivity index (χ1v) is 8.58. The molecule has 0 unspecified atom stereocenters. The topological polar surface area (TPSA) is 83.1 Å². The first kappa shape index (κ1) is 20.3. The summed E-state index contributed by atoms with van der Waals surface area (Å²) in [6, 6.07) is 0. The molecule has 0 radical (unpaired) electrons. The van der Waals surface area contributed by atoms with Gasteiger partial charge in [0.15, 0.2) is 0 Å². The van der Waals surface area contributed by atoms with E-state index in [1.54, 1.807) is 34.6 Å². The molecular weight excluding hydrogens is 297 g/mol. The van der Waals surface area contributed by atoms with Gasteiger partial charge in [-0.3, -0.25) is 9.36 Å². The van der Waals surface area contributed by atoms with Crippen LogP contribution in [0.1, 0.15) is 41.0 Å². The van der Waals surface area contributed by atoms with E-state index in [4.69, 9.17) is 19.1 Å². The molecule has 0 heterocycles. The second kappa shape index (κ2) is 9.33. The van der Waals surface area contributed by atoms with Gasteiger partial charge in [-0.15, -0.1) is 9.35 Å². The molecular formula is C13H26NO6P. The molecule has 1 N–H and O–H groups in total. The van der Waals surface area contributed by atoms with Crippen LogP contribution in [0.3, 0.4) is 0 Å². The number of amides is 1. The molecule has 0 aliphatic rings. The maximum Gasteiger partial charge on any atom is 0.384 e. The van der Waals surface area contributed by atoms with Crippen molar-refractivity contribution in [1.82, 2.24) is 5.32 Å². The van der Waals surface area contributed by atoms with Gasteiger partial charge in [0.2, 0.25) is 5.91 Å². The third kappa shape index (κ3) is 9.01. The summed E-state index contributed by atoms with van der Waals surface area (Å²) < 4.78 is 22.0. The van der Waals surface area contributed by atoms with E-state index in [0.29, 0.717) is 12.0 Å². The Morgan fingerprint density at radius 3 is 2.05 bits per heavy atom. The van der Waals surface area contributed by atoms with Crippen LogP contribution >= 0.6 is 7.60 Å². The highest BCUT2D eigenvalue weighted by Crippen LogP contribution is 2.50. The minimum atomic E-state index is -3.53. The van der Waals surface area contributed by atoms with Gasteiger partial charge >= 0.3 is 7.60 Å². The summed E-state index contributed by atoms with van der Waals surface area (Å²) in [7, 11) is -3.53. The Morgan fingerprint density at radius 1 is 1.19 bits per heavy atom. The van der Waals surface area contributed by atoms with Gasteiger partial charge in [0.05, 0.1) is 19.4 Å². The number of carbonyl (C=O) groups excluding carboxylic acids is 1. The van der Waals surface area contributed by atoms with Gasteiger partial charge in [-0.2, -0.15) is 0 Å². The lowest BCUT2D eigenvalue weighted by molar-refractivity contribution is -0.263. The van der Waals surface area contributed by atoms with E-state index in [-0.39, 0.29) is 25.3 Å². The fourth-order valence-corrected chi connectivity index (χ4v) is 2.78. The van der Waals surface area contributed by atoms with Gasteiger partial charge < -0.3 is 5.32 Å². The zero-order valence-corrected chi connectivity index (χ0v) is 14.3. The van der Waals surface area contributed by atoms with Crippen LogP contribution in [0.5, 0.6) is 0 Å². The lowest BCUT2D eigenvalue weighted by Crippen LogP contribution is -2.44. The first-order chi connectivity index (χ1) is 9.66. The summed E-state index contributed by atoms with van der Waals surface area (Å²) in [5, 5.41) is 2.79. The lowest BCUT2D eigenvalue weighted by atomic mass is 10.0. The Morgan fingerprint density at radius 2 is 1.67 bits per heavy atom. The molecule has 0 aromatic carbocycles. The van der Waals surface area contributed by atoms with Crippen LogP contribution in [0, 0.1) is 0 Å². The van der Waals surface area contributed by atoms with E-state index in [1.165, 1.54) is 0 Å². The molecule has 0 aromatic rings. The summed E-state index contributed by atoms with van der Waals surface area (Å²) in [4.78, 5) is 21.1. The molecule has 0 saturated carbocycles. The fraction of sp³-hybridized carbons (Fsp3) is 0.769. The van der Waals surface area contributed by atoms with Gasteiger partial charge in [0.1, 0.15) is 0 Å². The molecule has 21 heavy (non-hydrogen) atoms. The van der Waals surface area contributed by atoms with Crippen molar-refractivity contribution in [1.29, 1.82) is 0 Å². The van der Waals surface area contributed by atoms with Crippen LogP contribution in [0.25, 0.3) is 0 Å². The van der Waals surface area contributed by atoms with Gasteiger partial charge in [0.25, 0.3) is 0 Å². The smallest absolute Gasteiger partial charge is 0.347 e. The van der Waals surface area contributed by atoms with Crippen molar-refractivity contribution in [3.8, 4) is 0 Å². The molecule has 7 nitrogen and oxygen atoms in total. The summed E-state index contributed by atoms with van der Waals surface area (Å²) in [6.45, 7) is 12.7. The van der Waals surface area contributed by atoms with Crippen molar-refractivity contribution in [2.24, 2.45) is 0 Å². The summed E-state index contributed by atoms with van der Waals surface area (Å²) in [5.41, 5.74) is -0.195. The third-order valence-electron chi connectivity index (χ3n) is 2.42. The zero-order chi connectivity index (χ0) is 16.5. The van der Waals surface area contributed by atoms with E-state index >= 15 is 0 Å². The predicted molar refractivity (Wildman–Crippen MR) is 79.5 cm³/mol. The predicted octanol–water partition coefficient (Wildman–Crippen LogP) is 2.98. The molecule has 0 aliphatic carbocycles. The Kier molecular flexibility index (Phi) is 9.01. The minimum absolute atomic E-state index is 0.0382. The van der Waals surface area contributed by atoms with Gasteiger partial charge in [0, 0.05) is 11.1 Å². The van der Waals surface area contributed by atoms with E-state index in [1.807, 2.05) is 0 Å². The van der Waals surface area contributed by atoms with Crippen LogP contribution in [-0.2, 0) is 28.5 Å². The second-order valence-corrected chi connectivity index (χ2v) is 7.13. The van der Waals surface area contributed by atoms with E-state index < -0.39 is 13.1 Å². The largest absolute Gasteiger partial charge is 0.384 e. The summed E-state index contributed by atoms with van der Waals surface area (Å²) in [5.74, 6) is -0.258. The molecule has 0 fully saturated rings. The maximum absolute atomic E-state index is 12.4. The highest BCUT2D eigenvalue weighted by molar-refractivity contribution is 7.53. The van der Waals surface area contributed by atoms with Crippen LogP contribution in [0.4, 0.5) is 0 Å². The summed E-state index contributed by atoms with van der Waals surface area (Å²) >= 11 is 0. The number of hydrogen-bond acceptors (Lipinski definition) is 6. The number of rotatable bonds is 11. The Hall–Kier alpha value is -0.720. The highest BCUT2D eigenvalue weighted by atomic mass is 31.2. The van der Waals surface area contributed by atoms with Gasteiger partial charge in [-0.25, -0.2) is 9.78 Å². The van der Waals surface area contributed by atoms with Crippen molar-refractivity contribution in [2.45, 2.75) is 46.6 Å². The van der Waals surface area contributed by atoms with Crippen molar-refractivity contribution < 1.29 is 28.5 Å². The van der Waals surface area contributed by atoms with E-state index in [9.17, 15) is 9.36 Å². The summed E-state index contributed by atoms with van der Waals surface area (Å²) in [6.07, 6.45) is 0.389. The standard InChI is InChI=1S/C13H26NO6P/c1-7-17-19-21(16,20-18-8-2)10-9-13(5,6)14-12(15)11(3)4/h3,7-10H2,1-2,4-6H3,(H,14,15). The molecule has 0 atom stereocenters.